The van der Waals surface area contributed by atoms with E-state index in [1.165, 1.54) is 0 Å². The lowest BCUT2D eigenvalue weighted by atomic mass is 10.3. The van der Waals surface area contributed by atoms with Crippen LogP contribution in [0.1, 0.15) is 0 Å². The fourth-order valence-corrected chi connectivity index (χ4v) is 2.15. The molecule has 3 rings (SSSR count). The van der Waals surface area contributed by atoms with E-state index in [1.54, 1.807) is 12.1 Å². The van der Waals surface area contributed by atoms with Crippen molar-refractivity contribution < 1.29 is 0 Å². The minimum absolute atomic E-state index is 0.512. The van der Waals surface area contributed by atoms with Gasteiger partial charge in [-0.2, -0.15) is 0 Å². The van der Waals surface area contributed by atoms with Crippen LogP contribution < -0.4 is 5.36 Å². The van der Waals surface area contributed by atoms with Crippen LogP contribution in [0.5, 0.6) is 0 Å². The van der Waals surface area contributed by atoms with Gasteiger partial charge in [-0.05, 0) is 42.5 Å². The molecule has 0 N–H and O–H groups in total. The zero-order chi connectivity index (χ0) is 13.2. The second kappa shape index (κ2) is 5.08. The van der Waals surface area contributed by atoms with Crippen LogP contribution in [-0.2, 0) is 0 Å². The number of hydrogen-bond acceptors (Lipinski definition) is 1. The highest BCUT2D eigenvalue weighted by atomic mass is 35.5. The minimum Gasteiger partial charge on any atom is -0.324 e. The lowest BCUT2D eigenvalue weighted by Gasteiger charge is -2.00. The van der Waals surface area contributed by atoms with Crippen molar-refractivity contribution in [2.75, 3.05) is 0 Å². The van der Waals surface area contributed by atoms with Crippen LogP contribution in [0.2, 0.25) is 10.0 Å². The topological polar surface area (TPSA) is 16.8 Å². The van der Waals surface area contributed by atoms with Crippen LogP contribution in [-0.4, -0.2) is 4.40 Å². The maximum atomic E-state index is 5.98. The molecule has 2 nitrogen and oxygen atoms in total. The number of halogens is 2. The zero-order valence-corrected chi connectivity index (χ0v) is 11.4. The first-order chi connectivity index (χ1) is 9.22. The summed E-state index contributed by atoms with van der Waals surface area (Å²) >= 11 is 11.9. The Hall–Kier alpha value is -1.77. The van der Waals surface area contributed by atoms with Gasteiger partial charge < -0.3 is 4.40 Å². The number of aromatic nitrogens is 1. The SMILES string of the molecule is Clc1ccc(N=c2ccn3ccccc3c2)cc1Cl. The molecule has 0 aliphatic rings. The molecule has 94 valence electrons. The van der Waals surface area contributed by atoms with Crippen molar-refractivity contribution in [1.29, 1.82) is 0 Å². The Morgan fingerprint density at radius 2 is 1.74 bits per heavy atom. The molecule has 0 aliphatic heterocycles. The second-order valence-corrected chi connectivity index (χ2v) is 4.94. The predicted octanol–water partition coefficient (Wildman–Crippen LogP) is 4.48. The predicted molar refractivity (Wildman–Crippen MR) is 79.1 cm³/mol. The standard InChI is InChI=1S/C15H10Cl2N2/c16-14-5-4-11(10-15(14)17)18-12-6-8-19-7-2-1-3-13(19)9-12/h1-10H. The highest BCUT2D eigenvalue weighted by molar-refractivity contribution is 6.42. The van der Waals surface area contributed by atoms with Crippen LogP contribution >= 0.6 is 23.2 Å². The summed E-state index contributed by atoms with van der Waals surface area (Å²) in [6.07, 6.45) is 3.98. The Balaban J connectivity index is 2.12. The van der Waals surface area contributed by atoms with Gasteiger partial charge in [-0.15, -0.1) is 0 Å². The smallest absolute Gasteiger partial charge is 0.0672 e. The number of rotatable bonds is 1. The molecule has 3 aromatic rings. The third-order valence-corrected chi connectivity index (χ3v) is 3.52. The van der Waals surface area contributed by atoms with Gasteiger partial charge in [0.15, 0.2) is 0 Å². The zero-order valence-electron chi connectivity index (χ0n) is 9.92. The Labute approximate surface area is 120 Å². The van der Waals surface area contributed by atoms with Crippen LogP contribution in [0, 0.1) is 0 Å². The molecule has 0 atom stereocenters. The van der Waals surface area contributed by atoms with E-state index < -0.39 is 0 Å². The molecule has 2 heterocycles. The summed E-state index contributed by atoms with van der Waals surface area (Å²) in [6.45, 7) is 0. The first kappa shape index (κ1) is 12.3. The van der Waals surface area contributed by atoms with E-state index in [0.29, 0.717) is 10.0 Å². The normalized spacial score (nSPS) is 12.0. The Morgan fingerprint density at radius 3 is 2.58 bits per heavy atom. The molecular weight excluding hydrogens is 279 g/mol. The van der Waals surface area contributed by atoms with E-state index in [4.69, 9.17) is 23.2 Å². The number of nitrogens with zero attached hydrogens (tertiary/aromatic N) is 2. The number of hydrogen-bond donors (Lipinski definition) is 0. The first-order valence-corrected chi connectivity index (χ1v) is 6.55. The molecule has 1 aromatic carbocycles. The first-order valence-electron chi connectivity index (χ1n) is 5.79. The van der Waals surface area contributed by atoms with Crippen LogP contribution in [0.15, 0.2) is 65.9 Å². The molecule has 0 saturated heterocycles. The van der Waals surface area contributed by atoms with Gasteiger partial charge in [-0.1, -0.05) is 29.3 Å². The molecule has 19 heavy (non-hydrogen) atoms. The van der Waals surface area contributed by atoms with Crippen molar-refractivity contribution in [3.05, 3.63) is 76.3 Å². The molecule has 0 unspecified atom stereocenters. The van der Waals surface area contributed by atoms with Crippen molar-refractivity contribution in [2.24, 2.45) is 4.99 Å². The van der Waals surface area contributed by atoms with E-state index in [0.717, 1.165) is 16.6 Å². The molecule has 0 saturated carbocycles. The Kier molecular flexibility index (Phi) is 3.28. The van der Waals surface area contributed by atoms with Gasteiger partial charge in [0, 0.05) is 17.9 Å². The fraction of sp³-hybridized carbons (Fsp3) is 0. The van der Waals surface area contributed by atoms with Crippen molar-refractivity contribution >= 4 is 34.4 Å². The molecule has 0 bridgehead atoms. The van der Waals surface area contributed by atoms with Gasteiger partial charge in [0.05, 0.1) is 21.1 Å². The summed E-state index contributed by atoms with van der Waals surface area (Å²) in [5, 5.41) is 1.93. The van der Waals surface area contributed by atoms with Gasteiger partial charge >= 0.3 is 0 Å². The highest BCUT2D eigenvalue weighted by Crippen LogP contribution is 2.26. The van der Waals surface area contributed by atoms with E-state index >= 15 is 0 Å². The minimum atomic E-state index is 0.512. The lowest BCUT2D eigenvalue weighted by molar-refractivity contribution is 1.14. The molecule has 0 amide bonds. The summed E-state index contributed by atoms with van der Waals surface area (Å²) < 4.78 is 2.04. The van der Waals surface area contributed by atoms with E-state index in [1.807, 2.05) is 53.2 Å². The molecule has 2 aromatic heterocycles. The average molecular weight is 289 g/mol. The van der Waals surface area contributed by atoms with Crippen LogP contribution in [0.3, 0.4) is 0 Å². The summed E-state index contributed by atoms with van der Waals surface area (Å²) in [7, 11) is 0. The quantitative estimate of drug-likeness (QED) is 0.628. The molecule has 0 radical (unpaired) electrons. The third kappa shape index (κ3) is 2.65. The number of pyridine rings is 2. The Morgan fingerprint density at radius 1 is 0.842 bits per heavy atom. The third-order valence-electron chi connectivity index (χ3n) is 2.79. The Bertz CT molecular complexity index is 806. The van der Waals surface area contributed by atoms with Gasteiger partial charge in [0.1, 0.15) is 0 Å². The van der Waals surface area contributed by atoms with Crippen molar-refractivity contribution in [3.8, 4) is 0 Å². The monoisotopic (exact) mass is 288 g/mol. The molecule has 0 aliphatic carbocycles. The van der Waals surface area contributed by atoms with Crippen LogP contribution in [0.25, 0.3) is 5.52 Å². The molecule has 0 spiro atoms. The highest BCUT2D eigenvalue weighted by Gasteiger charge is 1.98. The van der Waals surface area contributed by atoms with E-state index in [-0.39, 0.29) is 0 Å². The molecule has 4 heteroatoms. The summed E-state index contributed by atoms with van der Waals surface area (Å²) in [6, 6.07) is 15.3. The molecule has 0 fully saturated rings. The maximum absolute atomic E-state index is 5.98. The average Bonchev–Trinajstić information content (AvgIpc) is 2.43. The second-order valence-electron chi connectivity index (χ2n) is 4.13. The lowest BCUT2D eigenvalue weighted by Crippen LogP contribution is -2.01. The number of benzene rings is 1. The van der Waals surface area contributed by atoms with Crippen molar-refractivity contribution in [3.63, 3.8) is 0 Å². The van der Waals surface area contributed by atoms with Crippen molar-refractivity contribution in [2.45, 2.75) is 0 Å². The van der Waals surface area contributed by atoms with Gasteiger partial charge in [0.2, 0.25) is 0 Å². The fourth-order valence-electron chi connectivity index (χ4n) is 1.86. The van der Waals surface area contributed by atoms with Gasteiger partial charge in [-0.25, -0.2) is 4.99 Å². The molecular formula is C15H10Cl2N2. The van der Waals surface area contributed by atoms with Crippen LogP contribution in [0.4, 0.5) is 5.69 Å². The number of fused-ring (bicyclic) bond motifs is 1. The summed E-state index contributed by atoms with van der Waals surface area (Å²) in [5.74, 6) is 0. The van der Waals surface area contributed by atoms with E-state index in [9.17, 15) is 0 Å². The summed E-state index contributed by atoms with van der Waals surface area (Å²) in [5.41, 5.74) is 1.87. The largest absolute Gasteiger partial charge is 0.324 e. The van der Waals surface area contributed by atoms with Crippen molar-refractivity contribution in [1.82, 2.24) is 4.40 Å². The summed E-state index contributed by atoms with van der Waals surface area (Å²) in [4.78, 5) is 4.54. The van der Waals surface area contributed by atoms with Gasteiger partial charge in [0.25, 0.3) is 0 Å². The van der Waals surface area contributed by atoms with E-state index in [2.05, 4.69) is 4.99 Å². The van der Waals surface area contributed by atoms with Gasteiger partial charge in [-0.3, -0.25) is 0 Å². The maximum Gasteiger partial charge on any atom is 0.0672 e.